The molecule has 1 unspecified atom stereocenters. The topological polar surface area (TPSA) is 82.4 Å². The second-order valence-electron chi connectivity index (χ2n) is 6.39. The zero-order valence-corrected chi connectivity index (χ0v) is 15.2. The highest BCUT2D eigenvalue weighted by molar-refractivity contribution is 5.94. The van der Waals surface area contributed by atoms with Crippen molar-refractivity contribution in [1.82, 2.24) is 15.1 Å². The number of amides is 1. The molecule has 1 aromatic heterocycles. The van der Waals surface area contributed by atoms with Crippen LogP contribution in [-0.2, 0) is 18.3 Å². The number of ether oxygens (including phenoxy) is 2. The quantitative estimate of drug-likeness (QED) is 0.802. The summed E-state index contributed by atoms with van der Waals surface area (Å²) in [5, 5.41) is 7.30. The van der Waals surface area contributed by atoms with Gasteiger partial charge in [-0.3, -0.25) is 14.3 Å². The molecule has 0 radical (unpaired) electrons. The standard InChI is InChI=1S/C19H23N3O4/c1-12(23)13-7-8-17(18(9-13)25-3)26-11-19(24)21-15-5-4-6-16-14(15)10-20-22(16)2/h7-10,15H,4-6,11H2,1-3H3,(H,21,24). The number of Topliss-reactive ketones (excluding diaryl/α,β-unsaturated/α-hetero) is 1. The molecule has 3 rings (SSSR count). The number of hydrogen-bond donors (Lipinski definition) is 1. The Hall–Kier alpha value is -2.83. The Balaban J connectivity index is 1.62. The van der Waals surface area contributed by atoms with Crippen molar-refractivity contribution in [3.8, 4) is 11.5 Å². The molecule has 0 saturated carbocycles. The fourth-order valence-corrected chi connectivity index (χ4v) is 3.24. The Morgan fingerprint density at radius 3 is 2.88 bits per heavy atom. The molecule has 1 N–H and O–H groups in total. The normalized spacial score (nSPS) is 15.9. The van der Waals surface area contributed by atoms with E-state index < -0.39 is 0 Å². The first-order chi connectivity index (χ1) is 12.5. The highest BCUT2D eigenvalue weighted by Crippen LogP contribution is 2.30. The molecule has 1 amide bonds. The fourth-order valence-electron chi connectivity index (χ4n) is 3.24. The number of nitrogens with zero attached hydrogens (tertiary/aromatic N) is 2. The number of aromatic nitrogens is 2. The minimum Gasteiger partial charge on any atom is -0.493 e. The molecule has 26 heavy (non-hydrogen) atoms. The van der Waals surface area contributed by atoms with E-state index in [1.165, 1.54) is 19.7 Å². The number of rotatable bonds is 6. The average Bonchev–Trinajstić information content (AvgIpc) is 3.02. The lowest BCUT2D eigenvalue weighted by atomic mass is 9.93. The lowest BCUT2D eigenvalue weighted by Crippen LogP contribution is -2.34. The van der Waals surface area contributed by atoms with Crippen molar-refractivity contribution in [2.45, 2.75) is 32.2 Å². The molecule has 0 aliphatic heterocycles. The van der Waals surface area contributed by atoms with Crippen LogP contribution in [0, 0.1) is 0 Å². The maximum Gasteiger partial charge on any atom is 0.258 e. The van der Waals surface area contributed by atoms with Gasteiger partial charge >= 0.3 is 0 Å². The van der Waals surface area contributed by atoms with E-state index in [0.29, 0.717) is 17.1 Å². The first-order valence-electron chi connectivity index (χ1n) is 8.61. The molecule has 1 heterocycles. The highest BCUT2D eigenvalue weighted by Gasteiger charge is 2.25. The summed E-state index contributed by atoms with van der Waals surface area (Å²) < 4.78 is 12.7. The van der Waals surface area contributed by atoms with E-state index >= 15 is 0 Å². The Labute approximate surface area is 152 Å². The van der Waals surface area contributed by atoms with E-state index in [4.69, 9.17) is 9.47 Å². The Bertz CT molecular complexity index is 828. The van der Waals surface area contributed by atoms with E-state index in [-0.39, 0.29) is 24.3 Å². The zero-order chi connectivity index (χ0) is 18.7. The van der Waals surface area contributed by atoms with Crippen LogP contribution in [0.3, 0.4) is 0 Å². The number of carbonyl (C=O) groups is 2. The maximum absolute atomic E-state index is 12.3. The van der Waals surface area contributed by atoms with E-state index in [1.807, 2.05) is 17.9 Å². The van der Waals surface area contributed by atoms with Gasteiger partial charge in [-0.1, -0.05) is 0 Å². The summed E-state index contributed by atoms with van der Waals surface area (Å²) in [4.78, 5) is 23.8. The van der Waals surface area contributed by atoms with E-state index in [1.54, 1.807) is 18.2 Å². The fraction of sp³-hybridized carbons (Fsp3) is 0.421. The Morgan fingerprint density at radius 2 is 2.15 bits per heavy atom. The number of hydrogen-bond acceptors (Lipinski definition) is 5. The van der Waals surface area contributed by atoms with Crippen molar-refractivity contribution in [1.29, 1.82) is 0 Å². The molecule has 0 bridgehead atoms. The first-order valence-corrected chi connectivity index (χ1v) is 8.61. The Kier molecular flexibility index (Phi) is 5.25. The minimum atomic E-state index is -0.204. The lowest BCUT2D eigenvalue weighted by molar-refractivity contribution is -0.124. The maximum atomic E-state index is 12.3. The van der Waals surface area contributed by atoms with Crippen molar-refractivity contribution >= 4 is 11.7 Å². The second-order valence-corrected chi connectivity index (χ2v) is 6.39. The van der Waals surface area contributed by atoms with Crippen LogP contribution in [0.1, 0.15) is 47.4 Å². The van der Waals surface area contributed by atoms with Gasteiger partial charge in [0.2, 0.25) is 0 Å². The summed E-state index contributed by atoms with van der Waals surface area (Å²) in [6.07, 6.45) is 4.71. The smallest absolute Gasteiger partial charge is 0.258 e. The summed E-state index contributed by atoms with van der Waals surface area (Å²) in [7, 11) is 3.42. The van der Waals surface area contributed by atoms with Crippen LogP contribution in [0.2, 0.25) is 0 Å². The van der Waals surface area contributed by atoms with Gasteiger partial charge in [-0.15, -0.1) is 0 Å². The van der Waals surface area contributed by atoms with Gasteiger partial charge in [-0.05, 0) is 44.4 Å². The number of ketones is 1. The molecule has 1 aliphatic rings. The minimum absolute atomic E-state index is 0.0365. The van der Waals surface area contributed by atoms with Gasteiger partial charge in [0.1, 0.15) is 0 Å². The van der Waals surface area contributed by atoms with Gasteiger partial charge in [0.15, 0.2) is 23.9 Å². The number of benzene rings is 1. The summed E-state index contributed by atoms with van der Waals surface area (Å²) >= 11 is 0. The first kappa shape index (κ1) is 18.0. The van der Waals surface area contributed by atoms with Crippen LogP contribution in [-0.4, -0.2) is 35.2 Å². The van der Waals surface area contributed by atoms with E-state index in [0.717, 1.165) is 24.8 Å². The van der Waals surface area contributed by atoms with E-state index in [9.17, 15) is 9.59 Å². The zero-order valence-electron chi connectivity index (χ0n) is 15.2. The van der Waals surface area contributed by atoms with Gasteiger partial charge in [0.25, 0.3) is 5.91 Å². The molecular weight excluding hydrogens is 334 g/mol. The van der Waals surface area contributed by atoms with Gasteiger partial charge in [-0.25, -0.2) is 0 Å². The second kappa shape index (κ2) is 7.59. The van der Waals surface area contributed by atoms with Crippen molar-refractivity contribution in [2.24, 2.45) is 7.05 Å². The van der Waals surface area contributed by atoms with Gasteiger partial charge in [0, 0.05) is 23.9 Å². The largest absolute Gasteiger partial charge is 0.493 e. The molecule has 0 spiro atoms. The monoisotopic (exact) mass is 357 g/mol. The lowest BCUT2D eigenvalue weighted by Gasteiger charge is -2.23. The van der Waals surface area contributed by atoms with Crippen LogP contribution < -0.4 is 14.8 Å². The van der Waals surface area contributed by atoms with Crippen molar-refractivity contribution < 1.29 is 19.1 Å². The van der Waals surface area contributed by atoms with Crippen molar-refractivity contribution in [2.75, 3.05) is 13.7 Å². The molecule has 0 fully saturated rings. The van der Waals surface area contributed by atoms with E-state index in [2.05, 4.69) is 10.4 Å². The number of nitrogens with one attached hydrogen (secondary N) is 1. The summed E-state index contributed by atoms with van der Waals surface area (Å²) in [5.74, 6) is 0.595. The number of aryl methyl sites for hydroxylation is 1. The predicted molar refractivity (Wildman–Crippen MR) is 95.5 cm³/mol. The third-order valence-electron chi connectivity index (χ3n) is 4.64. The summed E-state index contributed by atoms with van der Waals surface area (Å²) in [5.41, 5.74) is 2.78. The van der Waals surface area contributed by atoms with Crippen LogP contribution in [0.4, 0.5) is 0 Å². The summed E-state index contributed by atoms with van der Waals surface area (Å²) in [6.45, 7) is 1.36. The molecule has 2 aromatic rings. The van der Waals surface area contributed by atoms with Gasteiger partial charge in [-0.2, -0.15) is 5.10 Å². The molecule has 138 valence electrons. The Morgan fingerprint density at radius 1 is 1.35 bits per heavy atom. The third-order valence-corrected chi connectivity index (χ3v) is 4.64. The van der Waals surface area contributed by atoms with Crippen molar-refractivity contribution in [3.63, 3.8) is 0 Å². The average molecular weight is 357 g/mol. The SMILES string of the molecule is COc1cc(C(C)=O)ccc1OCC(=O)NC1CCCc2c1cnn2C. The number of carbonyl (C=O) groups excluding carboxylic acids is 2. The number of fused-ring (bicyclic) bond motifs is 1. The predicted octanol–water partition coefficient (Wildman–Crippen LogP) is 2.20. The van der Waals surface area contributed by atoms with Crippen LogP contribution in [0.25, 0.3) is 0 Å². The molecule has 7 heteroatoms. The van der Waals surface area contributed by atoms with Gasteiger partial charge < -0.3 is 14.8 Å². The molecule has 1 aromatic carbocycles. The third kappa shape index (κ3) is 3.71. The van der Waals surface area contributed by atoms with Crippen LogP contribution >= 0.6 is 0 Å². The highest BCUT2D eigenvalue weighted by atomic mass is 16.5. The molecule has 1 aliphatic carbocycles. The van der Waals surface area contributed by atoms with Gasteiger partial charge in [0.05, 0.1) is 19.3 Å². The molecular formula is C19H23N3O4. The molecule has 1 atom stereocenters. The van der Waals surface area contributed by atoms with Crippen molar-refractivity contribution in [3.05, 3.63) is 41.2 Å². The number of methoxy groups -OCH3 is 1. The molecule has 7 nitrogen and oxygen atoms in total. The summed E-state index contributed by atoms with van der Waals surface area (Å²) in [6, 6.07) is 4.87. The van der Waals surface area contributed by atoms with Crippen LogP contribution in [0.5, 0.6) is 11.5 Å². The van der Waals surface area contributed by atoms with Crippen LogP contribution in [0.15, 0.2) is 24.4 Å². The molecule has 0 saturated heterocycles.